The van der Waals surface area contributed by atoms with E-state index in [1.54, 1.807) is 24.3 Å². The lowest BCUT2D eigenvalue weighted by molar-refractivity contribution is -0.136. The van der Waals surface area contributed by atoms with Crippen molar-refractivity contribution in [2.45, 2.75) is 25.0 Å². The Morgan fingerprint density at radius 3 is 2.65 bits per heavy atom. The molecular formula is C15H19ClN2O5. The number of halogens is 1. The summed E-state index contributed by atoms with van der Waals surface area (Å²) in [5.74, 6) is 0.471. The van der Waals surface area contributed by atoms with E-state index in [1.165, 1.54) is 0 Å². The van der Waals surface area contributed by atoms with Gasteiger partial charge in [-0.1, -0.05) is 11.6 Å². The summed E-state index contributed by atoms with van der Waals surface area (Å²) < 4.78 is 10.9. The predicted octanol–water partition coefficient (Wildman–Crippen LogP) is 1.65. The fourth-order valence-electron chi connectivity index (χ4n) is 2.23. The number of carbonyl (C=O) groups excluding carboxylic acids is 1. The number of hydrogen-bond acceptors (Lipinski definition) is 4. The molecule has 0 unspecified atom stereocenters. The van der Waals surface area contributed by atoms with Gasteiger partial charge in [0.25, 0.3) is 0 Å². The van der Waals surface area contributed by atoms with E-state index in [4.69, 9.17) is 26.2 Å². The van der Waals surface area contributed by atoms with E-state index in [0.29, 0.717) is 36.8 Å². The first kappa shape index (κ1) is 17.4. The van der Waals surface area contributed by atoms with Crippen molar-refractivity contribution in [3.8, 4) is 5.75 Å². The first-order valence-corrected chi connectivity index (χ1v) is 7.69. The summed E-state index contributed by atoms with van der Waals surface area (Å²) in [6, 6.07) is 6.71. The van der Waals surface area contributed by atoms with Crippen LogP contribution in [0, 0.1) is 0 Å². The smallest absolute Gasteiger partial charge is 0.404 e. The number of nitrogens with one attached hydrogen (secondary N) is 2. The van der Waals surface area contributed by atoms with Gasteiger partial charge in [-0.3, -0.25) is 4.79 Å². The minimum atomic E-state index is -1.08. The second-order valence-electron chi connectivity index (χ2n) is 5.14. The molecule has 1 aromatic carbocycles. The van der Waals surface area contributed by atoms with Crippen LogP contribution in [0.15, 0.2) is 24.3 Å². The SMILES string of the molecule is O=C(O)N[C@@H]1CC[C@@H](C(=O)NCCOc2ccc(Cl)cc2)OC1. The number of rotatable bonds is 6. The van der Waals surface area contributed by atoms with Crippen molar-refractivity contribution >= 4 is 23.6 Å². The average molecular weight is 343 g/mol. The third-order valence-electron chi connectivity index (χ3n) is 3.38. The van der Waals surface area contributed by atoms with Crippen molar-refractivity contribution in [2.24, 2.45) is 0 Å². The summed E-state index contributed by atoms with van der Waals surface area (Å²) in [7, 11) is 0. The van der Waals surface area contributed by atoms with Crippen LogP contribution in [0.5, 0.6) is 5.75 Å². The van der Waals surface area contributed by atoms with Crippen molar-refractivity contribution in [2.75, 3.05) is 19.8 Å². The van der Waals surface area contributed by atoms with Gasteiger partial charge in [0.15, 0.2) is 0 Å². The molecular weight excluding hydrogens is 324 g/mol. The molecule has 0 radical (unpaired) electrons. The Kier molecular flexibility index (Phi) is 6.49. The van der Waals surface area contributed by atoms with E-state index in [-0.39, 0.29) is 18.6 Å². The standard InChI is InChI=1S/C15H19ClN2O5/c16-10-1-4-12(5-2-10)22-8-7-17-14(19)13-6-3-11(9-23-13)18-15(20)21/h1-2,4-5,11,13,18H,3,6-9H2,(H,17,19)(H,20,21)/t11-,13+/m1/s1. The number of benzene rings is 1. The maximum absolute atomic E-state index is 11.9. The summed E-state index contributed by atoms with van der Waals surface area (Å²) in [5.41, 5.74) is 0. The molecule has 1 aromatic rings. The monoisotopic (exact) mass is 342 g/mol. The zero-order chi connectivity index (χ0) is 16.7. The van der Waals surface area contributed by atoms with Crippen LogP contribution in [0.2, 0.25) is 5.02 Å². The first-order valence-electron chi connectivity index (χ1n) is 7.32. The largest absolute Gasteiger partial charge is 0.492 e. The Balaban J connectivity index is 1.62. The van der Waals surface area contributed by atoms with Crippen LogP contribution >= 0.6 is 11.6 Å². The molecule has 0 saturated carbocycles. The van der Waals surface area contributed by atoms with Gasteiger partial charge in [-0.2, -0.15) is 0 Å². The Morgan fingerprint density at radius 1 is 1.30 bits per heavy atom. The highest BCUT2D eigenvalue weighted by Gasteiger charge is 2.27. The molecule has 1 fully saturated rings. The van der Waals surface area contributed by atoms with Crippen molar-refractivity contribution in [3.63, 3.8) is 0 Å². The van der Waals surface area contributed by atoms with Crippen molar-refractivity contribution in [1.29, 1.82) is 0 Å². The molecule has 2 rings (SSSR count). The second kappa shape index (κ2) is 8.59. The zero-order valence-corrected chi connectivity index (χ0v) is 13.2. The van der Waals surface area contributed by atoms with Gasteiger partial charge in [0.2, 0.25) is 5.91 Å². The number of hydrogen-bond donors (Lipinski definition) is 3. The van der Waals surface area contributed by atoms with Gasteiger partial charge < -0.3 is 25.2 Å². The van der Waals surface area contributed by atoms with Gasteiger partial charge in [-0.25, -0.2) is 4.79 Å². The van der Waals surface area contributed by atoms with Gasteiger partial charge >= 0.3 is 6.09 Å². The minimum Gasteiger partial charge on any atom is -0.492 e. The predicted molar refractivity (Wildman–Crippen MR) is 83.9 cm³/mol. The molecule has 23 heavy (non-hydrogen) atoms. The molecule has 1 aliphatic rings. The van der Waals surface area contributed by atoms with Crippen LogP contribution in [0.4, 0.5) is 4.79 Å². The van der Waals surface area contributed by atoms with Crippen LogP contribution in [-0.4, -0.2) is 49.0 Å². The number of carbonyl (C=O) groups is 2. The van der Waals surface area contributed by atoms with Crippen molar-refractivity contribution < 1.29 is 24.2 Å². The van der Waals surface area contributed by atoms with Crippen LogP contribution in [0.25, 0.3) is 0 Å². The Hall–Kier alpha value is -1.99. The number of ether oxygens (including phenoxy) is 2. The fourth-order valence-corrected chi connectivity index (χ4v) is 2.36. The maximum atomic E-state index is 11.9. The van der Waals surface area contributed by atoms with Crippen LogP contribution in [0.3, 0.4) is 0 Å². The maximum Gasteiger partial charge on any atom is 0.404 e. The number of carboxylic acid groups (broad SMARTS) is 1. The molecule has 126 valence electrons. The molecule has 0 spiro atoms. The molecule has 0 aliphatic carbocycles. The molecule has 1 heterocycles. The third-order valence-corrected chi connectivity index (χ3v) is 3.63. The summed E-state index contributed by atoms with van der Waals surface area (Å²) in [5, 5.41) is 14.3. The van der Waals surface area contributed by atoms with Gasteiger partial charge in [0, 0.05) is 5.02 Å². The quantitative estimate of drug-likeness (QED) is 0.683. The van der Waals surface area contributed by atoms with E-state index >= 15 is 0 Å². The topological polar surface area (TPSA) is 96.9 Å². The Bertz CT molecular complexity index is 529. The van der Waals surface area contributed by atoms with Crippen LogP contribution in [0.1, 0.15) is 12.8 Å². The van der Waals surface area contributed by atoms with Gasteiger partial charge in [-0.15, -0.1) is 0 Å². The molecule has 3 N–H and O–H groups in total. The highest BCUT2D eigenvalue weighted by molar-refractivity contribution is 6.30. The molecule has 0 bridgehead atoms. The van der Waals surface area contributed by atoms with Crippen LogP contribution < -0.4 is 15.4 Å². The van der Waals surface area contributed by atoms with E-state index in [0.717, 1.165) is 0 Å². The third kappa shape index (κ3) is 5.96. The molecule has 1 aliphatic heterocycles. The lowest BCUT2D eigenvalue weighted by atomic mass is 10.0. The Labute approximate surface area is 138 Å². The van der Waals surface area contributed by atoms with E-state index in [2.05, 4.69) is 10.6 Å². The lowest BCUT2D eigenvalue weighted by Crippen LogP contribution is -2.47. The molecule has 7 nitrogen and oxygen atoms in total. The summed E-state index contributed by atoms with van der Waals surface area (Å²) in [6.45, 7) is 0.896. The van der Waals surface area contributed by atoms with E-state index < -0.39 is 12.2 Å². The van der Waals surface area contributed by atoms with E-state index in [1.807, 2.05) is 0 Å². The minimum absolute atomic E-state index is 0.200. The zero-order valence-electron chi connectivity index (χ0n) is 12.5. The van der Waals surface area contributed by atoms with E-state index in [9.17, 15) is 9.59 Å². The molecule has 1 saturated heterocycles. The average Bonchev–Trinajstić information content (AvgIpc) is 2.53. The molecule has 8 heteroatoms. The normalized spacial score (nSPS) is 20.6. The number of amides is 2. The van der Waals surface area contributed by atoms with Crippen molar-refractivity contribution in [1.82, 2.24) is 10.6 Å². The lowest BCUT2D eigenvalue weighted by Gasteiger charge is -2.28. The van der Waals surface area contributed by atoms with Crippen molar-refractivity contribution in [3.05, 3.63) is 29.3 Å². The first-order chi connectivity index (χ1) is 11.0. The van der Waals surface area contributed by atoms with Crippen LogP contribution in [-0.2, 0) is 9.53 Å². The molecule has 2 atom stereocenters. The summed E-state index contributed by atoms with van der Waals surface area (Å²) >= 11 is 5.78. The Morgan fingerprint density at radius 2 is 2.04 bits per heavy atom. The fraction of sp³-hybridized carbons (Fsp3) is 0.467. The van der Waals surface area contributed by atoms with Gasteiger partial charge in [0.1, 0.15) is 18.5 Å². The summed E-state index contributed by atoms with van der Waals surface area (Å²) in [6.07, 6.45) is -0.571. The second-order valence-corrected chi connectivity index (χ2v) is 5.58. The highest BCUT2D eigenvalue weighted by atomic mass is 35.5. The highest BCUT2D eigenvalue weighted by Crippen LogP contribution is 2.15. The molecule has 2 amide bonds. The molecule has 0 aromatic heterocycles. The van der Waals surface area contributed by atoms with Gasteiger partial charge in [-0.05, 0) is 37.1 Å². The van der Waals surface area contributed by atoms with Gasteiger partial charge in [0.05, 0.1) is 19.2 Å². The summed E-state index contributed by atoms with van der Waals surface area (Å²) in [4.78, 5) is 22.5.